The summed E-state index contributed by atoms with van der Waals surface area (Å²) in [6, 6.07) is 17.3. The van der Waals surface area contributed by atoms with Crippen molar-refractivity contribution in [2.75, 3.05) is 26.2 Å². The van der Waals surface area contributed by atoms with Crippen LogP contribution in [0.4, 0.5) is 0 Å². The molecule has 0 saturated carbocycles. The predicted octanol–water partition coefficient (Wildman–Crippen LogP) is 4.59. The molecule has 1 fully saturated rings. The van der Waals surface area contributed by atoms with E-state index in [1.54, 1.807) is 11.1 Å². The van der Waals surface area contributed by atoms with Gasteiger partial charge in [-0.1, -0.05) is 42.5 Å². The molecule has 162 valence electrons. The van der Waals surface area contributed by atoms with Crippen LogP contribution >= 0.6 is 0 Å². The minimum atomic E-state index is 0.158. The van der Waals surface area contributed by atoms with Crippen LogP contribution in [0.2, 0.25) is 0 Å². The highest BCUT2D eigenvalue weighted by molar-refractivity contribution is 5.84. The standard InChI is InChI=1S/C27H33N3O/c31-26(11-10-22-20-29-25-9-4-2-7-23(22)25)28-16-5-17-30-18-14-27(15-19-30)13-12-21-6-1-3-8-24(21)27/h1-4,6-9,20,29H,5,10-19H2,(H,28,31). The van der Waals surface area contributed by atoms with Crippen molar-refractivity contribution in [2.45, 2.75) is 50.4 Å². The van der Waals surface area contributed by atoms with Crippen molar-refractivity contribution in [1.82, 2.24) is 15.2 Å². The first-order chi connectivity index (χ1) is 15.2. The third-order valence-electron chi connectivity index (χ3n) is 7.54. The van der Waals surface area contributed by atoms with Crippen LogP contribution in [0.3, 0.4) is 0 Å². The van der Waals surface area contributed by atoms with E-state index in [4.69, 9.17) is 0 Å². The number of H-pyrrole nitrogens is 1. The minimum Gasteiger partial charge on any atom is -0.361 e. The number of para-hydroxylation sites is 1. The maximum absolute atomic E-state index is 12.3. The SMILES string of the molecule is O=C(CCc1c[nH]c2ccccc12)NCCCN1CCC2(CCc3ccccc32)CC1. The van der Waals surface area contributed by atoms with Gasteiger partial charge in [0.1, 0.15) is 0 Å². The molecule has 0 atom stereocenters. The molecule has 1 spiro atoms. The number of amides is 1. The average molecular weight is 416 g/mol. The Morgan fingerprint density at radius 2 is 1.84 bits per heavy atom. The number of benzene rings is 2. The number of nitrogens with one attached hydrogen (secondary N) is 2. The first-order valence-electron chi connectivity index (χ1n) is 11.9. The number of hydrogen-bond donors (Lipinski definition) is 2. The molecule has 0 bridgehead atoms. The van der Waals surface area contributed by atoms with E-state index in [-0.39, 0.29) is 5.91 Å². The molecule has 0 unspecified atom stereocenters. The molecule has 2 aromatic carbocycles. The zero-order chi connectivity index (χ0) is 21.1. The van der Waals surface area contributed by atoms with E-state index >= 15 is 0 Å². The normalized spacial score (nSPS) is 17.8. The van der Waals surface area contributed by atoms with Crippen molar-refractivity contribution in [1.29, 1.82) is 0 Å². The van der Waals surface area contributed by atoms with E-state index in [1.165, 1.54) is 49.7 Å². The summed E-state index contributed by atoms with van der Waals surface area (Å²) in [7, 11) is 0. The molecule has 2 aliphatic rings. The fourth-order valence-electron chi connectivity index (χ4n) is 5.69. The second-order valence-corrected chi connectivity index (χ2v) is 9.34. The Kier molecular flexibility index (Phi) is 5.82. The first kappa shape index (κ1) is 20.3. The Hall–Kier alpha value is -2.59. The Labute approximate surface area is 185 Å². The fourth-order valence-corrected chi connectivity index (χ4v) is 5.69. The fraction of sp³-hybridized carbons (Fsp3) is 0.444. The Balaban J connectivity index is 1.01. The molecule has 5 rings (SSSR count). The topological polar surface area (TPSA) is 48.1 Å². The molecule has 1 aliphatic heterocycles. The lowest BCUT2D eigenvalue weighted by atomic mass is 9.74. The molecule has 4 heteroatoms. The van der Waals surface area contributed by atoms with Crippen molar-refractivity contribution in [3.05, 3.63) is 71.4 Å². The summed E-state index contributed by atoms with van der Waals surface area (Å²) in [5, 5.41) is 4.34. The maximum Gasteiger partial charge on any atom is 0.220 e. The number of aromatic amines is 1. The van der Waals surface area contributed by atoms with Crippen LogP contribution in [0.1, 0.15) is 48.8 Å². The molecule has 1 aliphatic carbocycles. The van der Waals surface area contributed by atoms with Gasteiger partial charge in [0.05, 0.1) is 0 Å². The van der Waals surface area contributed by atoms with E-state index < -0.39 is 0 Å². The summed E-state index contributed by atoms with van der Waals surface area (Å²) < 4.78 is 0. The first-order valence-corrected chi connectivity index (χ1v) is 11.9. The number of aryl methyl sites for hydroxylation is 2. The van der Waals surface area contributed by atoms with E-state index in [9.17, 15) is 4.79 Å². The van der Waals surface area contributed by atoms with Gasteiger partial charge in [-0.3, -0.25) is 4.79 Å². The van der Waals surface area contributed by atoms with Gasteiger partial charge in [-0.05, 0) is 86.3 Å². The molecule has 0 radical (unpaired) electrons. The number of nitrogens with zero attached hydrogens (tertiary/aromatic N) is 1. The number of likely N-dealkylation sites (tertiary alicyclic amines) is 1. The Morgan fingerprint density at radius 3 is 2.74 bits per heavy atom. The lowest BCUT2D eigenvalue weighted by Gasteiger charge is -2.40. The van der Waals surface area contributed by atoms with E-state index in [0.717, 1.165) is 31.4 Å². The molecule has 1 aromatic heterocycles. The van der Waals surface area contributed by atoms with Gasteiger partial charge in [0, 0.05) is 30.1 Å². The van der Waals surface area contributed by atoms with Crippen LogP contribution in [-0.2, 0) is 23.1 Å². The van der Waals surface area contributed by atoms with Gasteiger partial charge in [0.25, 0.3) is 0 Å². The molecule has 31 heavy (non-hydrogen) atoms. The van der Waals surface area contributed by atoms with Crippen LogP contribution in [0.5, 0.6) is 0 Å². The minimum absolute atomic E-state index is 0.158. The number of hydrogen-bond acceptors (Lipinski definition) is 2. The number of carbonyl (C=O) groups is 1. The summed E-state index contributed by atoms with van der Waals surface area (Å²) in [5.41, 5.74) is 6.00. The van der Waals surface area contributed by atoms with Gasteiger partial charge in [-0.15, -0.1) is 0 Å². The molecule has 2 heterocycles. The van der Waals surface area contributed by atoms with Crippen molar-refractivity contribution in [3.63, 3.8) is 0 Å². The molecule has 1 amide bonds. The Bertz CT molecular complexity index is 1050. The number of piperidine rings is 1. The molecular weight excluding hydrogens is 382 g/mol. The van der Waals surface area contributed by atoms with Gasteiger partial charge < -0.3 is 15.2 Å². The molecule has 3 aromatic rings. The van der Waals surface area contributed by atoms with Crippen LogP contribution in [0.15, 0.2) is 54.7 Å². The van der Waals surface area contributed by atoms with Crippen molar-refractivity contribution < 1.29 is 4.79 Å². The quantitative estimate of drug-likeness (QED) is 0.555. The average Bonchev–Trinajstić information content (AvgIpc) is 3.39. The van der Waals surface area contributed by atoms with Crippen LogP contribution in [0.25, 0.3) is 10.9 Å². The largest absolute Gasteiger partial charge is 0.361 e. The lowest BCUT2D eigenvalue weighted by Crippen LogP contribution is -2.42. The number of fused-ring (bicyclic) bond motifs is 3. The monoisotopic (exact) mass is 415 g/mol. The number of rotatable bonds is 7. The van der Waals surface area contributed by atoms with Gasteiger partial charge >= 0.3 is 0 Å². The summed E-state index contributed by atoms with van der Waals surface area (Å²) in [6.45, 7) is 4.23. The molecule has 4 nitrogen and oxygen atoms in total. The van der Waals surface area contributed by atoms with Crippen molar-refractivity contribution in [3.8, 4) is 0 Å². The lowest BCUT2D eigenvalue weighted by molar-refractivity contribution is -0.121. The number of carbonyl (C=O) groups excluding carboxylic acids is 1. The summed E-state index contributed by atoms with van der Waals surface area (Å²) in [6.07, 6.45) is 9.53. The van der Waals surface area contributed by atoms with Gasteiger partial charge in [0.2, 0.25) is 5.91 Å². The van der Waals surface area contributed by atoms with Crippen molar-refractivity contribution in [2.24, 2.45) is 0 Å². The molecular formula is C27H33N3O. The molecule has 1 saturated heterocycles. The highest BCUT2D eigenvalue weighted by Crippen LogP contribution is 2.46. The maximum atomic E-state index is 12.3. The van der Waals surface area contributed by atoms with Gasteiger partial charge in [-0.25, -0.2) is 0 Å². The zero-order valence-electron chi connectivity index (χ0n) is 18.3. The smallest absolute Gasteiger partial charge is 0.220 e. The van der Waals surface area contributed by atoms with Crippen LogP contribution in [0, 0.1) is 0 Å². The second kappa shape index (κ2) is 8.88. The highest BCUT2D eigenvalue weighted by Gasteiger charge is 2.40. The van der Waals surface area contributed by atoms with Gasteiger partial charge in [0.15, 0.2) is 0 Å². The van der Waals surface area contributed by atoms with E-state index in [0.29, 0.717) is 11.8 Å². The predicted molar refractivity (Wildman–Crippen MR) is 126 cm³/mol. The van der Waals surface area contributed by atoms with E-state index in [2.05, 4.69) is 51.6 Å². The number of aromatic nitrogens is 1. The molecule has 2 N–H and O–H groups in total. The Morgan fingerprint density at radius 1 is 1.03 bits per heavy atom. The summed E-state index contributed by atoms with van der Waals surface area (Å²) in [5.74, 6) is 0.158. The zero-order valence-corrected chi connectivity index (χ0v) is 18.3. The van der Waals surface area contributed by atoms with Crippen molar-refractivity contribution >= 4 is 16.8 Å². The van der Waals surface area contributed by atoms with E-state index in [1.807, 2.05) is 18.3 Å². The van der Waals surface area contributed by atoms with Gasteiger partial charge in [-0.2, -0.15) is 0 Å². The summed E-state index contributed by atoms with van der Waals surface area (Å²) >= 11 is 0. The highest BCUT2D eigenvalue weighted by atomic mass is 16.1. The summed E-state index contributed by atoms with van der Waals surface area (Å²) in [4.78, 5) is 18.2. The third-order valence-corrected chi connectivity index (χ3v) is 7.54. The van der Waals surface area contributed by atoms with Crippen LogP contribution in [-0.4, -0.2) is 42.0 Å². The van der Waals surface area contributed by atoms with Crippen LogP contribution < -0.4 is 5.32 Å². The second-order valence-electron chi connectivity index (χ2n) is 9.34. The third kappa shape index (κ3) is 4.27.